The highest BCUT2D eigenvalue weighted by Crippen LogP contribution is 2.23. The second-order valence-electron chi connectivity index (χ2n) is 6.70. The SMILES string of the molecule is Cc1ccc(N2C(=O)C(=Cc3ccccc3)NC2=NCc2ccccc2)cc1. The number of benzene rings is 3. The van der Waals surface area contributed by atoms with Gasteiger partial charge in [-0.3, -0.25) is 4.79 Å². The summed E-state index contributed by atoms with van der Waals surface area (Å²) < 4.78 is 0. The van der Waals surface area contributed by atoms with Gasteiger partial charge in [-0.2, -0.15) is 0 Å². The van der Waals surface area contributed by atoms with Crippen LogP contribution in [-0.4, -0.2) is 11.9 Å². The average Bonchev–Trinajstić information content (AvgIpc) is 3.04. The molecule has 4 heteroatoms. The zero-order chi connectivity index (χ0) is 19.3. The fourth-order valence-corrected chi connectivity index (χ4v) is 3.05. The third-order valence-corrected chi connectivity index (χ3v) is 4.55. The van der Waals surface area contributed by atoms with E-state index in [4.69, 9.17) is 0 Å². The number of guanidine groups is 1. The summed E-state index contributed by atoms with van der Waals surface area (Å²) in [6.07, 6.45) is 1.86. The van der Waals surface area contributed by atoms with Crippen molar-refractivity contribution >= 4 is 23.6 Å². The van der Waals surface area contributed by atoms with Gasteiger partial charge in [-0.1, -0.05) is 78.4 Å². The zero-order valence-electron chi connectivity index (χ0n) is 15.7. The van der Waals surface area contributed by atoms with Gasteiger partial charge in [0.25, 0.3) is 5.91 Å². The lowest BCUT2D eigenvalue weighted by Gasteiger charge is -2.15. The number of nitrogens with zero attached hydrogens (tertiary/aromatic N) is 2. The Morgan fingerprint density at radius 2 is 1.54 bits per heavy atom. The van der Waals surface area contributed by atoms with E-state index in [2.05, 4.69) is 10.3 Å². The van der Waals surface area contributed by atoms with Crippen LogP contribution in [0.1, 0.15) is 16.7 Å². The second kappa shape index (κ2) is 7.92. The first kappa shape index (κ1) is 17.7. The third kappa shape index (κ3) is 3.86. The fourth-order valence-electron chi connectivity index (χ4n) is 3.05. The molecule has 0 aliphatic carbocycles. The van der Waals surface area contributed by atoms with Gasteiger partial charge in [-0.25, -0.2) is 9.89 Å². The summed E-state index contributed by atoms with van der Waals surface area (Å²) in [5.74, 6) is 0.430. The minimum Gasteiger partial charge on any atom is -0.321 e. The van der Waals surface area contributed by atoms with E-state index in [0.717, 1.165) is 22.4 Å². The molecule has 3 aromatic rings. The number of aryl methyl sites for hydroxylation is 1. The van der Waals surface area contributed by atoms with Gasteiger partial charge in [0.15, 0.2) is 0 Å². The molecule has 1 fully saturated rings. The van der Waals surface area contributed by atoms with Gasteiger partial charge in [0, 0.05) is 0 Å². The summed E-state index contributed by atoms with van der Waals surface area (Å²) in [7, 11) is 0. The molecule has 4 nitrogen and oxygen atoms in total. The molecule has 1 saturated heterocycles. The fraction of sp³-hybridized carbons (Fsp3) is 0.0833. The Bertz CT molecular complexity index is 1020. The van der Waals surface area contributed by atoms with Crippen LogP contribution in [0.5, 0.6) is 0 Å². The van der Waals surface area contributed by atoms with E-state index in [9.17, 15) is 4.79 Å². The molecule has 0 aromatic heterocycles. The molecule has 1 aliphatic rings. The summed E-state index contributed by atoms with van der Waals surface area (Å²) in [6.45, 7) is 2.52. The van der Waals surface area contributed by atoms with E-state index >= 15 is 0 Å². The molecule has 4 rings (SSSR count). The van der Waals surface area contributed by atoms with Crippen molar-refractivity contribution in [2.24, 2.45) is 4.99 Å². The number of hydrogen-bond donors (Lipinski definition) is 1. The number of aliphatic imine (C=N–C) groups is 1. The number of amides is 1. The molecule has 138 valence electrons. The normalized spacial score (nSPS) is 16.6. The first-order valence-electron chi connectivity index (χ1n) is 9.24. The summed E-state index contributed by atoms with van der Waals surface area (Å²) in [5.41, 5.74) is 4.51. The molecule has 0 spiro atoms. The van der Waals surface area contributed by atoms with Gasteiger partial charge in [0.2, 0.25) is 5.96 Å². The Labute approximate surface area is 164 Å². The second-order valence-corrected chi connectivity index (χ2v) is 6.70. The number of nitrogens with one attached hydrogen (secondary N) is 1. The minimum absolute atomic E-state index is 0.112. The minimum atomic E-state index is -0.112. The lowest BCUT2D eigenvalue weighted by molar-refractivity contribution is -0.113. The van der Waals surface area contributed by atoms with Crippen LogP contribution >= 0.6 is 0 Å². The average molecular weight is 367 g/mol. The molecule has 1 amide bonds. The van der Waals surface area contributed by atoms with E-state index < -0.39 is 0 Å². The van der Waals surface area contributed by atoms with Crippen LogP contribution in [-0.2, 0) is 11.3 Å². The topological polar surface area (TPSA) is 44.7 Å². The van der Waals surface area contributed by atoms with Crippen molar-refractivity contribution in [3.05, 3.63) is 107 Å². The molecule has 0 unspecified atom stereocenters. The molecule has 0 saturated carbocycles. The molecule has 28 heavy (non-hydrogen) atoms. The van der Waals surface area contributed by atoms with Crippen molar-refractivity contribution in [3.63, 3.8) is 0 Å². The van der Waals surface area contributed by atoms with Crippen LogP contribution in [0, 0.1) is 6.92 Å². The van der Waals surface area contributed by atoms with Crippen molar-refractivity contribution < 1.29 is 4.79 Å². The van der Waals surface area contributed by atoms with Gasteiger partial charge in [-0.05, 0) is 36.3 Å². The highest BCUT2D eigenvalue weighted by molar-refractivity contribution is 6.29. The molecule has 0 atom stereocenters. The molecule has 1 aliphatic heterocycles. The van der Waals surface area contributed by atoms with Gasteiger partial charge in [-0.15, -0.1) is 0 Å². The van der Waals surface area contributed by atoms with E-state index in [1.807, 2.05) is 97.9 Å². The lowest BCUT2D eigenvalue weighted by atomic mass is 10.2. The highest BCUT2D eigenvalue weighted by atomic mass is 16.2. The van der Waals surface area contributed by atoms with Crippen molar-refractivity contribution in [3.8, 4) is 0 Å². The van der Waals surface area contributed by atoms with E-state index in [-0.39, 0.29) is 5.91 Å². The first-order valence-corrected chi connectivity index (χ1v) is 9.24. The van der Waals surface area contributed by atoms with Crippen LogP contribution in [0.4, 0.5) is 5.69 Å². The van der Waals surface area contributed by atoms with Crippen molar-refractivity contribution in [1.82, 2.24) is 5.32 Å². The van der Waals surface area contributed by atoms with Gasteiger partial charge in [0.05, 0.1) is 12.2 Å². The standard InChI is InChI=1S/C24H21N3O/c1-18-12-14-21(15-13-18)27-23(28)22(16-19-8-4-2-5-9-19)26-24(27)25-17-20-10-6-3-7-11-20/h2-16H,17H2,1H3,(H,25,26). The van der Waals surface area contributed by atoms with E-state index in [1.165, 1.54) is 0 Å². The van der Waals surface area contributed by atoms with Crippen molar-refractivity contribution in [2.75, 3.05) is 4.90 Å². The number of rotatable bonds is 4. The molecular formula is C24H21N3O. The van der Waals surface area contributed by atoms with Crippen molar-refractivity contribution in [1.29, 1.82) is 0 Å². The molecule has 1 N–H and O–H groups in total. The van der Waals surface area contributed by atoms with Crippen LogP contribution in [0.25, 0.3) is 6.08 Å². The molecule has 0 radical (unpaired) electrons. The molecule has 0 bridgehead atoms. The maximum atomic E-state index is 13.1. The summed E-state index contributed by atoms with van der Waals surface area (Å²) in [6, 6.07) is 27.7. The molecule has 3 aromatic carbocycles. The van der Waals surface area contributed by atoms with E-state index in [0.29, 0.717) is 18.2 Å². The van der Waals surface area contributed by atoms with Crippen LogP contribution in [0.15, 0.2) is 95.6 Å². The predicted octanol–water partition coefficient (Wildman–Crippen LogP) is 4.53. The van der Waals surface area contributed by atoms with Crippen LogP contribution in [0.2, 0.25) is 0 Å². The maximum absolute atomic E-state index is 13.1. The van der Waals surface area contributed by atoms with Crippen LogP contribution in [0.3, 0.4) is 0 Å². The predicted molar refractivity (Wildman–Crippen MR) is 114 cm³/mol. The van der Waals surface area contributed by atoms with Gasteiger partial charge in [0.1, 0.15) is 5.70 Å². The van der Waals surface area contributed by atoms with Crippen LogP contribution < -0.4 is 10.2 Å². The quantitative estimate of drug-likeness (QED) is 0.689. The summed E-state index contributed by atoms with van der Waals surface area (Å²) >= 11 is 0. The summed E-state index contributed by atoms with van der Waals surface area (Å²) in [4.78, 5) is 19.5. The Morgan fingerprint density at radius 3 is 2.21 bits per heavy atom. The zero-order valence-corrected chi connectivity index (χ0v) is 15.7. The summed E-state index contributed by atoms with van der Waals surface area (Å²) in [5, 5.41) is 3.21. The van der Waals surface area contributed by atoms with Gasteiger partial charge < -0.3 is 5.32 Å². The highest BCUT2D eigenvalue weighted by Gasteiger charge is 2.33. The largest absolute Gasteiger partial charge is 0.321 e. The Hall–Kier alpha value is -3.66. The molecule has 1 heterocycles. The number of hydrogen-bond acceptors (Lipinski definition) is 2. The molecular weight excluding hydrogens is 346 g/mol. The van der Waals surface area contributed by atoms with Gasteiger partial charge >= 0.3 is 0 Å². The Kier molecular flexibility index (Phi) is 5.02. The number of carbonyl (C=O) groups is 1. The Balaban J connectivity index is 1.69. The maximum Gasteiger partial charge on any atom is 0.281 e. The smallest absolute Gasteiger partial charge is 0.281 e. The van der Waals surface area contributed by atoms with E-state index in [1.54, 1.807) is 4.90 Å². The van der Waals surface area contributed by atoms with Crippen molar-refractivity contribution in [2.45, 2.75) is 13.5 Å². The third-order valence-electron chi connectivity index (χ3n) is 4.55. The Morgan fingerprint density at radius 1 is 0.893 bits per heavy atom. The monoisotopic (exact) mass is 367 g/mol. The first-order chi connectivity index (χ1) is 13.7. The lowest BCUT2D eigenvalue weighted by Crippen LogP contribution is -2.32. The number of carbonyl (C=O) groups excluding carboxylic acids is 1. The number of anilines is 1.